The third-order valence-corrected chi connectivity index (χ3v) is 6.19. The zero-order chi connectivity index (χ0) is 20.2. The van der Waals surface area contributed by atoms with Crippen molar-refractivity contribution in [2.24, 2.45) is 11.8 Å². The van der Waals surface area contributed by atoms with Crippen molar-refractivity contribution >= 4 is 5.91 Å². The Balaban J connectivity index is 1.38. The first-order valence-electron chi connectivity index (χ1n) is 10.7. The fourth-order valence-electron chi connectivity index (χ4n) is 4.58. The number of piperidine rings is 1. The second kappa shape index (κ2) is 9.03. The Morgan fingerprint density at radius 1 is 1.17 bits per heavy atom. The van der Waals surface area contributed by atoms with Gasteiger partial charge >= 0.3 is 0 Å². The fraction of sp³-hybridized carbons (Fsp3) is 0.636. The maximum Gasteiger partial charge on any atom is 0.222 e. The molecule has 156 valence electrons. The lowest BCUT2D eigenvalue weighted by molar-refractivity contribution is -0.134. The third kappa shape index (κ3) is 4.83. The highest BCUT2D eigenvalue weighted by molar-refractivity contribution is 5.76. The molecule has 2 fully saturated rings. The Labute approximate surface area is 171 Å². The quantitative estimate of drug-likeness (QED) is 0.768. The topological polar surface area (TPSA) is 81.4 Å². The van der Waals surface area contributed by atoms with Gasteiger partial charge in [0.25, 0.3) is 0 Å². The van der Waals surface area contributed by atoms with E-state index in [0.717, 1.165) is 86.8 Å². The van der Waals surface area contributed by atoms with E-state index in [4.69, 9.17) is 9.26 Å². The number of amides is 1. The SMILES string of the molecule is Cc1noc(C)c1-c1cc(CC2CCCN(C(=O)CC3CCOCC3)C2)ncn1. The van der Waals surface area contributed by atoms with E-state index in [-0.39, 0.29) is 0 Å². The van der Waals surface area contributed by atoms with Crippen LogP contribution in [0.25, 0.3) is 11.3 Å². The number of aryl methyl sites for hydroxylation is 2. The molecule has 1 unspecified atom stereocenters. The van der Waals surface area contributed by atoms with Crippen molar-refractivity contribution in [2.45, 2.75) is 52.4 Å². The highest BCUT2D eigenvalue weighted by Gasteiger charge is 2.27. The molecule has 0 N–H and O–H groups in total. The number of hydrogen-bond acceptors (Lipinski definition) is 6. The number of rotatable bonds is 5. The molecule has 0 bridgehead atoms. The smallest absolute Gasteiger partial charge is 0.222 e. The summed E-state index contributed by atoms with van der Waals surface area (Å²) in [6, 6.07) is 2.04. The minimum absolute atomic E-state index is 0.306. The van der Waals surface area contributed by atoms with E-state index < -0.39 is 0 Å². The van der Waals surface area contributed by atoms with Gasteiger partial charge < -0.3 is 14.2 Å². The Hall–Kier alpha value is -2.28. The lowest BCUT2D eigenvalue weighted by Crippen LogP contribution is -2.41. The summed E-state index contributed by atoms with van der Waals surface area (Å²) in [6.07, 6.45) is 7.35. The van der Waals surface area contributed by atoms with Crippen LogP contribution in [0.1, 0.15) is 49.3 Å². The number of nitrogens with zero attached hydrogens (tertiary/aromatic N) is 4. The van der Waals surface area contributed by atoms with Gasteiger partial charge in [0.15, 0.2) is 0 Å². The molecule has 2 aromatic heterocycles. The Bertz CT molecular complexity index is 825. The summed E-state index contributed by atoms with van der Waals surface area (Å²) in [6.45, 7) is 7.12. The Morgan fingerprint density at radius 3 is 2.76 bits per heavy atom. The van der Waals surface area contributed by atoms with E-state index in [1.54, 1.807) is 6.33 Å². The highest BCUT2D eigenvalue weighted by atomic mass is 16.5. The van der Waals surface area contributed by atoms with E-state index in [1.165, 1.54) is 0 Å². The third-order valence-electron chi connectivity index (χ3n) is 6.19. The van der Waals surface area contributed by atoms with Crippen LogP contribution in [0, 0.1) is 25.7 Å². The molecule has 7 nitrogen and oxygen atoms in total. The zero-order valence-electron chi connectivity index (χ0n) is 17.4. The molecule has 4 heterocycles. The lowest BCUT2D eigenvalue weighted by atomic mass is 9.91. The molecule has 0 aromatic carbocycles. The second-order valence-electron chi connectivity index (χ2n) is 8.41. The number of aromatic nitrogens is 3. The number of carbonyl (C=O) groups is 1. The Kier molecular flexibility index (Phi) is 6.23. The molecule has 2 aliphatic rings. The molecule has 29 heavy (non-hydrogen) atoms. The van der Waals surface area contributed by atoms with Gasteiger partial charge in [-0.1, -0.05) is 5.16 Å². The van der Waals surface area contributed by atoms with E-state index >= 15 is 0 Å². The Morgan fingerprint density at radius 2 is 2.00 bits per heavy atom. The predicted octanol–water partition coefficient (Wildman–Crippen LogP) is 3.35. The standard InChI is InChI=1S/C22H30N4O3/c1-15-22(16(2)29-25-15)20-12-19(23-14-24-20)10-18-4-3-7-26(13-18)21(27)11-17-5-8-28-9-6-17/h12,14,17-18H,3-11,13H2,1-2H3. The summed E-state index contributed by atoms with van der Waals surface area (Å²) in [5, 5.41) is 4.03. The molecule has 0 saturated carbocycles. The summed E-state index contributed by atoms with van der Waals surface area (Å²) < 4.78 is 10.7. The van der Waals surface area contributed by atoms with Crippen LogP contribution in [0.3, 0.4) is 0 Å². The number of ether oxygens (including phenoxy) is 1. The van der Waals surface area contributed by atoms with Gasteiger partial charge in [0.1, 0.15) is 12.1 Å². The normalized spacial score (nSPS) is 20.8. The van der Waals surface area contributed by atoms with Gasteiger partial charge in [-0.15, -0.1) is 0 Å². The van der Waals surface area contributed by atoms with Gasteiger partial charge in [0.05, 0.1) is 17.0 Å². The van der Waals surface area contributed by atoms with E-state index in [0.29, 0.717) is 24.2 Å². The molecule has 2 aliphatic heterocycles. The number of hydrogen-bond donors (Lipinski definition) is 0. The molecule has 1 amide bonds. The summed E-state index contributed by atoms with van der Waals surface area (Å²) >= 11 is 0. The molecule has 1 atom stereocenters. The summed E-state index contributed by atoms with van der Waals surface area (Å²) in [4.78, 5) is 23.8. The van der Waals surface area contributed by atoms with Crippen molar-refractivity contribution in [1.29, 1.82) is 0 Å². The maximum atomic E-state index is 12.8. The van der Waals surface area contributed by atoms with Crippen molar-refractivity contribution in [2.75, 3.05) is 26.3 Å². The van der Waals surface area contributed by atoms with Gasteiger partial charge in [-0.2, -0.15) is 0 Å². The van der Waals surface area contributed by atoms with Crippen molar-refractivity contribution in [3.05, 3.63) is 29.5 Å². The summed E-state index contributed by atoms with van der Waals surface area (Å²) in [5.74, 6) is 2.00. The van der Waals surface area contributed by atoms with Gasteiger partial charge in [0, 0.05) is 38.4 Å². The number of carbonyl (C=O) groups excluding carboxylic acids is 1. The van der Waals surface area contributed by atoms with Crippen LogP contribution in [0.4, 0.5) is 0 Å². The number of likely N-dealkylation sites (tertiary alicyclic amines) is 1. The average molecular weight is 399 g/mol. The molecule has 2 aromatic rings. The van der Waals surface area contributed by atoms with E-state index in [1.807, 2.05) is 19.9 Å². The largest absolute Gasteiger partial charge is 0.381 e. The molecule has 7 heteroatoms. The first-order valence-corrected chi connectivity index (χ1v) is 10.7. The van der Waals surface area contributed by atoms with Crippen molar-refractivity contribution in [3.8, 4) is 11.3 Å². The van der Waals surface area contributed by atoms with Crippen molar-refractivity contribution in [3.63, 3.8) is 0 Å². The molecular weight excluding hydrogens is 368 g/mol. The van der Waals surface area contributed by atoms with Crippen LogP contribution in [-0.4, -0.2) is 52.2 Å². The fourth-order valence-corrected chi connectivity index (χ4v) is 4.58. The lowest BCUT2D eigenvalue weighted by Gasteiger charge is -2.34. The summed E-state index contributed by atoms with van der Waals surface area (Å²) in [5.41, 5.74) is 3.66. The monoisotopic (exact) mass is 398 g/mol. The van der Waals surface area contributed by atoms with Crippen LogP contribution in [-0.2, 0) is 16.0 Å². The van der Waals surface area contributed by atoms with Crippen LogP contribution in [0.2, 0.25) is 0 Å². The molecule has 0 radical (unpaired) electrons. The zero-order valence-corrected chi connectivity index (χ0v) is 17.4. The van der Waals surface area contributed by atoms with Crippen LogP contribution in [0.5, 0.6) is 0 Å². The van der Waals surface area contributed by atoms with Gasteiger partial charge in [-0.3, -0.25) is 4.79 Å². The highest BCUT2D eigenvalue weighted by Crippen LogP contribution is 2.27. The van der Waals surface area contributed by atoms with Gasteiger partial charge in [-0.25, -0.2) is 9.97 Å². The average Bonchev–Trinajstić information content (AvgIpc) is 3.07. The van der Waals surface area contributed by atoms with Gasteiger partial charge in [-0.05, 0) is 63.9 Å². The van der Waals surface area contributed by atoms with Crippen LogP contribution >= 0.6 is 0 Å². The molecule has 2 saturated heterocycles. The molecular formula is C22H30N4O3. The van der Waals surface area contributed by atoms with E-state index in [9.17, 15) is 4.79 Å². The second-order valence-corrected chi connectivity index (χ2v) is 8.41. The molecule has 4 rings (SSSR count). The van der Waals surface area contributed by atoms with Crippen molar-refractivity contribution in [1.82, 2.24) is 20.0 Å². The van der Waals surface area contributed by atoms with E-state index in [2.05, 4.69) is 20.0 Å². The first kappa shape index (κ1) is 20.0. The van der Waals surface area contributed by atoms with Gasteiger partial charge in [0.2, 0.25) is 5.91 Å². The van der Waals surface area contributed by atoms with Crippen LogP contribution < -0.4 is 0 Å². The predicted molar refractivity (Wildman–Crippen MR) is 108 cm³/mol. The minimum Gasteiger partial charge on any atom is -0.381 e. The summed E-state index contributed by atoms with van der Waals surface area (Å²) in [7, 11) is 0. The first-order chi connectivity index (χ1) is 14.1. The minimum atomic E-state index is 0.306. The molecule has 0 aliphatic carbocycles. The maximum absolute atomic E-state index is 12.8. The molecule has 0 spiro atoms. The van der Waals surface area contributed by atoms with Crippen LogP contribution in [0.15, 0.2) is 16.9 Å². The van der Waals surface area contributed by atoms with Crippen molar-refractivity contribution < 1.29 is 14.1 Å².